The minimum atomic E-state index is 0. The monoisotopic (exact) mass is 710 g/mol. The van der Waals surface area contributed by atoms with E-state index in [4.69, 9.17) is 0 Å². The number of halogens is 1. The smallest absolute Gasteiger partial charge is 0.0786 e. The summed E-state index contributed by atoms with van der Waals surface area (Å²) in [7, 11) is 0. The van der Waals surface area contributed by atoms with Gasteiger partial charge in [0.15, 0.2) is 0 Å². The summed E-state index contributed by atoms with van der Waals surface area (Å²) in [6.45, 7) is 15.2. The van der Waals surface area contributed by atoms with Gasteiger partial charge in [0.1, 0.15) is 0 Å². The number of hydrogen-bond acceptors (Lipinski definition) is 0. The molecule has 0 saturated heterocycles. The summed E-state index contributed by atoms with van der Waals surface area (Å²) in [5.41, 5.74) is 0. The first-order chi connectivity index (χ1) is 22.2. The van der Waals surface area contributed by atoms with E-state index in [-0.39, 0.29) is 17.0 Å². The molecule has 0 aliphatic carbocycles. The number of hydrogen-bond donors (Lipinski definition) is 0. The van der Waals surface area contributed by atoms with Crippen LogP contribution in [-0.4, -0.2) is 30.7 Å². The number of quaternary nitrogens is 1. The Morgan fingerprint density at radius 1 is 0.261 bits per heavy atom. The van der Waals surface area contributed by atoms with E-state index in [1.165, 1.54) is 236 Å². The molecule has 0 atom stereocenters. The van der Waals surface area contributed by atoms with Gasteiger partial charge in [0.25, 0.3) is 0 Å². The predicted molar refractivity (Wildman–Crippen MR) is 208 cm³/mol. The van der Waals surface area contributed by atoms with Gasteiger partial charge >= 0.3 is 0 Å². The van der Waals surface area contributed by atoms with Crippen molar-refractivity contribution in [1.82, 2.24) is 0 Å². The van der Waals surface area contributed by atoms with Crippen LogP contribution in [0.4, 0.5) is 0 Å². The molecule has 46 heavy (non-hydrogen) atoms. The lowest BCUT2D eigenvalue weighted by Gasteiger charge is -2.39. The largest absolute Gasteiger partial charge is 1.00 e. The van der Waals surface area contributed by atoms with Crippen LogP contribution in [0.1, 0.15) is 233 Å². The highest BCUT2D eigenvalue weighted by molar-refractivity contribution is 4.82. The second-order valence-corrected chi connectivity index (χ2v) is 14.8. The van der Waals surface area contributed by atoms with Gasteiger partial charge in [0, 0.05) is 0 Å². The van der Waals surface area contributed by atoms with E-state index in [1.54, 1.807) is 0 Å². The number of unbranched alkanes of at least 4 members (excludes halogenated alkanes) is 26. The molecule has 0 fully saturated rings. The van der Waals surface area contributed by atoms with Crippen LogP contribution in [-0.2, 0) is 0 Å². The number of nitrogens with zero attached hydrogens (tertiary/aromatic N) is 1. The Balaban J connectivity index is 0. The maximum Gasteiger partial charge on any atom is 0.0786 e. The molecule has 1 nitrogen and oxygen atoms in total. The normalized spacial score (nSPS) is 12.1. The average Bonchev–Trinajstić information content (AvgIpc) is 3.05. The molecule has 0 amide bonds. The molecule has 0 rings (SSSR count). The zero-order valence-corrected chi connectivity index (χ0v) is 34.2. The minimum absolute atomic E-state index is 0. The standard InChI is InChI=1S/C44H88N.BrH/c1-5-9-13-15-17-19-21-23-25-27-29-31-33-35-37-39-43-45(41-11-7-3,42-12-8-4)44-40-38-36-34-32-30-28-26-24-22-20-18-16-14-10-6-2;/h23-26H,5-22,27-44H2,1-4H3;1H/q+1;/p-1/b25-23-,26-24-;. The maximum atomic E-state index is 2.47. The van der Waals surface area contributed by atoms with Gasteiger partial charge in [-0.3, -0.25) is 0 Å². The Morgan fingerprint density at radius 3 is 0.761 bits per heavy atom. The van der Waals surface area contributed by atoms with Crippen molar-refractivity contribution >= 4 is 0 Å². The highest BCUT2D eigenvalue weighted by Gasteiger charge is 2.25. The van der Waals surface area contributed by atoms with Crippen LogP contribution in [0.3, 0.4) is 0 Å². The molecule has 0 heterocycles. The Morgan fingerprint density at radius 2 is 0.478 bits per heavy atom. The minimum Gasteiger partial charge on any atom is -1.00 e. The predicted octanol–water partition coefficient (Wildman–Crippen LogP) is 12.5. The summed E-state index contributed by atoms with van der Waals surface area (Å²) < 4.78 is 1.44. The number of allylic oxidation sites excluding steroid dienone is 4. The molecule has 2 heteroatoms. The van der Waals surface area contributed by atoms with Crippen LogP contribution in [0.5, 0.6) is 0 Å². The zero-order valence-electron chi connectivity index (χ0n) is 32.6. The molecule has 0 aromatic carbocycles. The van der Waals surface area contributed by atoms with E-state index in [0.29, 0.717) is 0 Å². The van der Waals surface area contributed by atoms with Crippen molar-refractivity contribution in [1.29, 1.82) is 0 Å². The van der Waals surface area contributed by atoms with Crippen LogP contribution < -0.4 is 17.0 Å². The van der Waals surface area contributed by atoms with Crippen molar-refractivity contribution in [3.63, 3.8) is 0 Å². The first-order valence-electron chi connectivity index (χ1n) is 21.4. The third kappa shape index (κ3) is 35.2. The quantitative estimate of drug-likeness (QED) is 0.0340. The van der Waals surface area contributed by atoms with Crippen molar-refractivity contribution in [2.45, 2.75) is 233 Å². The number of rotatable bonds is 38. The zero-order chi connectivity index (χ0) is 32.8. The average molecular weight is 711 g/mol. The van der Waals surface area contributed by atoms with E-state index in [1.807, 2.05) is 0 Å². The summed E-state index contributed by atoms with van der Waals surface area (Å²) >= 11 is 0. The topological polar surface area (TPSA) is 0 Å². The molecule has 0 aromatic rings. The van der Waals surface area contributed by atoms with Crippen LogP contribution >= 0.6 is 0 Å². The fourth-order valence-corrected chi connectivity index (χ4v) is 7.05. The molecule has 0 bridgehead atoms. The first-order valence-corrected chi connectivity index (χ1v) is 21.4. The van der Waals surface area contributed by atoms with Crippen molar-refractivity contribution in [2.75, 3.05) is 26.2 Å². The highest BCUT2D eigenvalue weighted by atomic mass is 79.9. The lowest BCUT2D eigenvalue weighted by molar-refractivity contribution is -0.929. The van der Waals surface area contributed by atoms with E-state index in [9.17, 15) is 0 Å². The molecule has 0 unspecified atom stereocenters. The third-order valence-electron chi connectivity index (χ3n) is 10.3. The van der Waals surface area contributed by atoms with E-state index >= 15 is 0 Å². The summed E-state index contributed by atoms with van der Waals surface area (Å²) in [6.07, 6.45) is 54.9. The van der Waals surface area contributed by atoms with Gasteiger partial charge in [-0.25, -0.2) is 0 Å². The Bertz CT molecular complexity index is 545. The van der Waals surface area contributed by atoms with Gasteiger partial charge < -0.3 is 21.5 Å². The van der Waals surface area contributed by atoms with Crippen LogP contribution in [0, 0.1) is 0 Å². The van der Waals surface area contributed by atoms with Crippen molar-refractivity contribution < 1.29 is 21.5 Å². The molecule has 0 saturated carbocycles. The van der Waals surface area contributed by atoms with E-state index < -0.39 is 0 Å². The fraction of sp³-hybridized carbons (Fsp3) is 0.909. The van der Waals surface area contributed by atoms with Gasteiger partial charge in [0.2, 0.25) is 0 Å². The molecular formula is C44H88BrN. The molecular weight excluding hydrogens is 622 g/mol. The Labute approximate surface area is 304 Å². The second-order valence-electron chi connectivity index (χ2n) is 14.8. The van der Waals surface area contributed by atoms with Gasteiger partial charge in [-0.15, -0.1) is 0 Å². The summed E-state index contributed by atoms with van der Waals surface area (Å²) in [5, 5.41) is 0. The molecule has 0 aromatic heterocycles. The Hall–Kier alpha value is -0.0800. The summed E-state index contributed by atoms with van der Waals surface area (Å²) in [4.78, 5) is 0. The molecule has 0 N–H and O–H groups in total. The molecule has 0 aliphatic heterocycles. The highest BCUT2D eigenvalue weighted by Crippen LogP contribution is 2.19. The second kappa shape index (κ2) is 41.1. The summed E-state index contributed by atoms with van der Waals surface area (Å²) in [5.74, 6) is 0. The molecule has 276 valence electrons. The van der Waals surface area contributed by atoms with E-state index in [2.05, 4.69) is 52.0 Å². The molecule has 0 radical (unpaired) electrons. The lowest BCUT2D eigenvalue weighted by atomic mass is 10.1. The van der Waals surface area contributed by atoms with Crippen LogP contribution in [0.15, 0.2) is 24.3 Å². The van der Waals surface area contributed by atoms with Gasteiger partial charge in [-0.05, 0) is 89.9 Å². The van der Waals surface area contributed by atoms with Gasteiger partial charge in [0.05, 0.1) is 26.2 Å². The van der Waals surface area contributed by atoms with Crippen molar-refractivity contribution in [2.24, 2.45) is 0 Å². The molecule has 0 aliphatic rings. The van der Waals surface area contributed by atoms with Crippen molar-refractivity contribution in [3.8, 4) is 0 Å². The molecule has 0 spiro atoms. The van der Waals surface area contributed by atoms with Gasteiger partial charge in [-0.2, -0.15) is 0 Å². The van der Waals surface area contributed by atoms with E-state index in [0.717, 1.165) is 0 Å². The van der Waals surface area contributed by atoms with Crippen LogP contribution in [0.2, 0.25) is 0 Å². The lowest BCUT2D eigenvalue weighted by Crippen LogP contribution is -3.00. The Kier molecular flexibility index (Phi) is 42.9. The maximum absolute atomic E-state index is 2.47. The fourth-order valence-electron chi connectivity index (χ4n) is 7.05. The van der Waals surface area contributed by atoms with Crippen LogP contribution in [0.25, 0.3) is 0 Å². The summed E-state index contributed by atoms with van der Waals surface area (Å²) in [6, 6.07) is 0. The van der Waals surface area contributed by atoms with Gasteiger partial charge in [-0.1, -0.05) is 168 Å². The SMILES string of the molecule is CCCCCCCC/C=C\CCCCCCCC[N+](CCCC)(CCCC)CCCCCCCC/C=C\CCCCCCCC.[Br-]. The third-order valence-corrected chi connectivity index (χ3v) is 10.3. The first kappa shape index (κ1) is 48.0. The van der Waals surface area contributed by atoms with Crippen molar-refractivity contribution in [3.05, 3.63) is 24.3 Å².